The molecule has 318 valence electrons. The largest absolute Gasteiger partial charge is 0.472 e. The molecule has 0 aromatic heterocycles. The van der Waals surface area contributed by atoms with E-state index in [0.717, 1.165) is 64.2 Å². The second kappa shape index (κ2) is 33.9. The van der Waals surface area contributed by atoms with E-state index in [9.17, 15) is 34.7 Å². The molecule has 0 saturated heterocycles. The van der Waals surface area contributed by atoms with Crippen LogP contribution < -0.4 is 5.32 Å². The molecular formula is C43H78N2O9P+. The van der Waals surface area contributed by atoms with Crippen LogP contribution in [0.25, 0.3) is 0 Å². The van der Waals surface area contributed by atoms with E-state index in [1.54, 1.807) is 48.6 Å². The van der Waals surface area contributed by atoms with Gasteiger partial charge in [0.25, 0.3) is 0 Å². The van der Waals surface area contributed by atoms with Crippen LogP contribution in [0, 0.1) is 0 Å². The van der Waals surface area contributed by atoms with Crippen LogP contribution in [0.1, 0.15) is 123 Å². The molecule has 6 N–H and O–H groups in total. The van der Waals surface area contributed by atoms with Crippen LogP contribution in [-0.4, -0.2) is 107 Å². The molecule has 0 aliphatic carbocycles. The van der Waals surface area contributed by atoms with Gasteiger partial charge in [-0.3, -0.25) is 13.8 Å². The first-order chi connectivity index (χ1) is 26.2. The molecule has 12 heteroatoms. The summed E-state index contributed by atoms with van der Waals surface area (Å²) in [4.78, 5) is 23.1. The number of rotatable bonds is 35. The number of nitrogens with one attached hydrogen (secondary N) is 1. The van der Waals surface area contributed by atoms with Crippen molar-refractivity contribution in [2.75, 3.05) is 40.9 Å². The van der Waals surface area contributed by atoms with Crippen LogP contribution in [0.3, 0.4) is 0 Å². The molecule has 55 heavy (non-hydrogen) atoms. The number of likely N-dealkylation sites (N-methyl/N-ethyl adjacent to an activating group) is 1. The summed E-state index contributed by atoms with van der Waals surface area (Å²) in [7, 11) is 1.33. The maximum atomic E-state index is 12.9. The van der Waals surface area contributed by atoms with Crippen molar-refractivity contribution in [3.8, 4) is 0 Å². The SMILES string of the molecule is CCC/C=C\CCCCCCCC/C=C/[C@@H](O)[C@H](COP(=O)(O)OCC[N+](C)(C)C)NC(=O)CCC[C@H](O)[C@@H](O)/C=C/C=C/C=C\C=C\[C@@H](O)CCCCC. The maximum absolute atomic E-state index is 12.9. The number of unbranched alkanes of at least 4 members (excludes halogenated alkanes) is 10. The van der Waals surface area contributed by atoms with Gasteiger partial charge >= 0.3 is 7.82 Å². The van der Waals surface area contributed by atoms with E-state index in [-0.39, 0.29) is 25.9 Å². The lowest BCUT2D eigenvalue weighted by Crippen LogP contribution is -2.45. The quantitative estimate of drug-likeness (QED) is 0.0124. The number of phosphoric acid groups is 1. The van der Waals surface area contributed by atoms with Crippen LogP contribution in [-0.2, 0) is 18.4 Å². The zero-order chi connectivity index (χ0) is 41.2. The Kier molecular flexibility index (Phi) is 32.6. The lowest BCUT2D eigenvalue weighted by Gasteiger charge is -2.25. The van der Waals surface area contributed by atoms with Crippen molar-refractivity contribution in [2.24, 2.45) is 0 Å². The highest BCUT2D eigenvalue weighted by molar-refractivity contribution is 7.47. The van der Waals surface area contributed by atoms with Gasteiger partial charge in [0.2, 0.25) is 5.91 Å². The molecule has 0 spiro atoms. The highest BCUT2D eigenvalue weighted by Gasteiger charge is 2.28. The summed E-state index contributed by atoms with van der Waals surface area (Å²) >= 11 is 0. The summed E-state index contributed by atoms with van der Waals surface area (Å²) in [5, 5.41) is 44.2. The van der Waals surface area contributed by atoms with Crippen molar-refractivity contribution in [1.82, 2.24) is 5.32 Å². The molecule has 0 aromatic rings. The summed E-state index contributed by atoms with van der Waals surface area (Å²) < 4.78 is 23.3. The number of aliphatic hydroxyl groups excluding tert-OH is 4. The molecule has 1 amide bonds. The fourth-order valence-corrected chi connectivity index (χ4v) is 5.98. The summed E-state index contributed by atoms with van der Waals surface area (Å²) in [6.45, 7) is 4.33. The zero-order valence-electron chi connectivity index (χ0n) is 34.7. The maximum Gasteiger partial charge on any atom is 0.472 e. The minimum absolute atomic E-state index is 0.00222. The van der Waals surface area contributed by atoms with Crippen LogP contribution in [0.2, 0.25) is 0 Å². The fraction of sp³-hybridized carbons (Fsp3) is 0.698. The normalized spacial score (nSPS) is 16.9. The van der Waals surface area contributed by atoms with Gasteiger partial charge in [0.05, 0.1) is 58.2 Å². The Morgan fingerprint density at radius 2 is 1.27 bits per heavy atom. The number of nitrogens with zero attached hydrogens (tertiary/aromatic N) is 1. The van der Waals surface area contributed by atoms with Gasteiger partial charge in [-0.25, -0.2) is 4.57 Å². The Balaban J connectivity index is 4.88. The van der Waals surface area contributed by atoms with Gasteiger partial charge in [0.1, 0.15) is 13.2 Å². The topological polar surface area (TPSA) is 166 Å². The Hall–Kier alpha value is -2.18. The van der Waals surface area contributed by atoms with Gasteiger partial charge in [-0.05, 0) is 51.4 Å². The highest BCUT2D eigenvalue weighted by Crippen LogP contribution is 2.43. The highest BCUT2D eigenvalue weighted by atomic mass is 31.2. The van der Waals surface area contributed by atoms with E-state index in [1.165, 1.54) is 31.8 Å². The third-order valence-electron chi connectivity index (χ3n) is 8.74. The van der Waals surface area contributed by atoms with Gasteiger partial charge in [-0.1, -0.05) is 138 Å². The van der Waals surface area contributed by atoms with E-state index in [0.29, 0.717) is 11.0 Å². The van der Waals surface area contributed by atoms with Crippen LogP contribution >= 0.6 is 7.82 Å². The number of carbonyl (C=O) groups excluding carboxylic acids is 1. The number of aliphatic hydroxyl groups is 4. The van der Waals surface area contributed by atoms with Crippen LogP contribution in [0.4, 0.5) is 0 Å². The third-order valence-corrected chi connectivity index (χ3v) is 9.72. The Morgan fingerprint density at radius 1 is 0.673 bits per heavy atom. The molecule has 6 atom stereocenters. The van der Waals surface area contributed by atoms with Gasteiger partial charge < -0.3 is 35.1 Å². The van der Waals surface area contributed by atoms with E-state index < -0.39 is 50.8 Å². The third kappa shape index (κ3) is 34.8. The predicted molar refractivity (Wildman–Crippen MR) is 225 cm³/mol. The number of amides is 1. The van der Waals surface area contributed by atoms with Gasteiger partial charge in [-0.2, -0.15) is 0 Å². The number of allylic oxidation sites excluding steroid dienone is 9. The lowest BCUT2D eigenvalue weighted by atomic mass is 10.1. The standard InChI is InChI=1S/C43H77N2O9P/c1-6-8-10-11-12-13-14-15-16-17-18-22-26-31-40(47)39(37-54-55(51,52)53-36-35-45(3,4)5)44-43(50)34-28-33-42(49)41(48)32-27-23-20-19-21-25-30-38(46)29-24-9-7-2/h10-11,19-21,23,25-27,30-32,38-42,46-49H,6-9,12-18,22,24,28-29,33-37H2,1-5H3,(H-,44,50,51,52)/p+1/b11-10-,21-19-,23-20+,30-25+,31-26+,32-27+/t38-,39-,40+,41-,42-/m0/s1. The van der Waals surface area contributed by atoms with Crippen molar-refractivity contribution in [3.05, 3.63) is 72.9 Å². The second-order valence-electron chi connectivity index (χ2n) is 15.2. The summed E-state index contributed by atoms with van der Waals surface area (Å²) in [6.07, 6.45) is 33.3. The predicted octanol–water partition coefficient (Wildman–Crippen LogP) is 7.76. The van der Waals surface area contributed by atoms with E-state index in [4.69, 9.17) is 9.05 Å². The smallest absolute Gasteiger partial charge is 0.390 e. The van der Waals surface area contributed by atoms with Crippen molar-refractivity contribution in [2.45, 2.75) is 153 Å². The molecule has 0 fully saturated rings. The molecule has 0 aliphatic rings. The summed E-state index contributed by atoms with van der Waals surface area (Å²) in [5.41, 5.74) is 0. The molecule has 0 bridgehead atoms. The van der Waals surface area contributed by atoms with E-state index >= 15 is 0 Å². The average Bonchev–Trinajstić information content (AvgIpc) is 3.12. The Morgan fingerprint density at radius 3 is 1.91 bits per heavy atom. The number of hydrogen-bond acceptors (Lipinski definition) is 8. The van der Waals surface area contributed by atoms with Crippen molar-refractivity contribution >= 4 is 13.7 Å². The number of carbonyl (C=O) groups is 1. The molecule has 0 rings (SSSR count). The molecular weight excluding hydrogens is 719 g/mol. The number of phosphoric ester groups is 1. The number of quaternary nitrogens is 1. The summed E-state index contributed by atoms with van der Waals surface area (Å²) in [5.74, 6) is -0.435. The van der Waals surface area contributed by atoms with Crippen LogP contribution in [0.5, 0.6) is 0 Å². The Labute approximate surface area is 333 Å². The minimum Gasteiger partial charge on any atom is -0.390 e. The fourth-order valence-electron chi connectivity index (χ4n) is 5.25. The van der Waals surface area contributed by atoms with Gasteiger partial charge in [-0.15, -0.1) is 0 Å². The molecule has 0 aliphatic heterocycles. The average molecular weight is 798 g/mol. The van der Waals surface area contributed by atoms with Crippen molar-refractivity contribution < 1.29 is 48.2 Å². The first kappa shape index (κ1) is 52.8. The van der Waals surface area contributed by atoms with Crippen molar-refractivity contribution in [1.29, 1.82) is 0 Å². The van der Waals surface area contributed by atoms with E-state index in [1.807, 2.05) is 27.2 Å². The van der Waals surface area contributed by atoms with E-state index in [2.05, 4.69) is 31.3 Å². The molecule has 11 nitrogen and oxygen atoms in total. The molecule has 0 aromatic carbocycles. The second-order valence-corrected chi connectivity index (χ2v) is 16.7. The zero-order valence-corrected chi connectivity index (χ0v) is 35.6. The first-order valence-corrected chi connectivity index (χ1v) is 22.1. The van der Waals surface area contributed by atoms with Crippen LogP contribution in [0.15, 0.2) is 72.9 Å². The molecule has 0 heterocycles. The first-order valence-electron chi connectivity index (χ1n) is 20.6. The number of hydrogen-bond donors (Lipinski definition) is 6. The van der Waals surface area contributed by atoms with Gasteiger partial charge in [0, 0.05) is 6.42 Å². The molecule has 1 unspecified atom stereocenters. The molecule has 0 radical (unpaired) electrons. The Bertz CT molecular complexity index is 1180. The summed E-state index contributed by atoms with van der Waals surface area (Å²) in [6, 6.07) is -1.01. The lowest BCUT2D eigenvalue weighted by molar-refractivity contribution is -0.870. The molecule has 0 saturated carbocycles. The minimum atomic E-state index is -4.44. The van der Waals surface area contributed by atoms with Gasteiger partial charge in [0.15, 0.2) is 0 Å². The monoisotopic (exact) mass is 798 g/mol. The van der Waals surface area contributed by atoms with Crippen molar-refractivity contribution in [3.63, 3.8) is 0 Å².